The van der Waals surface area contributed by atoms with Crippen molar-refractivity contribution in [1.29, 1.82) is 0 Å². The summed E-state index contributed by atoms with van der Waals surface area (Å²) in [6, 6.07) is 15.5. The van der Waals surface area contributed by atoms with E-state index in [1.54, 1.807) is 0 Å². The van der Waals surface area contributed by atoms with Gasteiger partial charge in [-0.05, 0) is 24.6 Å². The molecule has 0 atom stereocenters. The third kappa shape index (κ3) is 2.85. The molecule has 106 valence electrons. The van der Waals surface area contributed by atoms with Gasteiger partial charge in [-0.25, -0.2) is 0 Å². The summed E-state index contributed by atoms with van der Waals surface area (Å²) in [5.74, 6) is 0. The van der Waals surface area contributed by atoms with E-state index >= 15 is 0 Å². The van der Waals surface area contributed by atoms with E-state index < -0.39 is 8.56 Å². The third-order valence-electron chi connectivity index (χ3n) is 3.37. The zero-order valence-electron chi connectivity index (χ0n) is 12.3. The lowest BCUT2D eigenvalue weighted by atomic mass is 10.1. The highest BCUT2D eigenvalue weighted by Crippen LogP contribution is 2.21. The maximum absolute atomic E-state index is 6.15. The molecule has 0 aliphatic carbocycles. The van der Waals surface area contributed by atoms with E-state index in [0.29, 0.717) is 13.2 Å². The largest absolute Gasteiger partial charge is 0.391 e. The molecule has 0 aliphatic rings. The van der Waals surface area contributed by atoms with Crippen molar-refractivity contribution in [2.45, 2.75) is 19.9 Å². The van der Waals surface area contributed by atoms with E-state index in [2.05, 4.69) is 49.0 Å². The molecule has 20 heavy (non-hydrogen) atoms. The van der Waals surface area contributed by atoms with E-state index in [0.717, 1.165) is 6.04 Å². The lowest BCUT2D eigenvalue weighted by Crippen LogP contribution is -2.53. The number of allylic oxidation sites excluding steroid dienone is 1. The first kappa shape index (κ1) is 15.0. The third-order valence-corrected chi connectivity index (χ3v) is 6.96. The van der Waals surface area contributed by atoms with Crippen LogP contribution in [0.15, 0.2) is 55.1 Å². The summed E-state index contributed by atoms with van der Waals surface area (Å²) in [6.45, 7) is 9.25. The van der Waals surface area contributed by atoms with Crippen molar-refractivity contribution in [1.82, 2.24) is 0 Å². The smallest absolute Gasteiger partial charge is 0.377 e. The summed E-state index contributed by atoms with van der Waals surface area (Å²) >= 11 is 0. The Balaban J connectivity index is 2.63. The highest BCUT2D eigenvalue weighted by molar-refractivity contribution is 6.83. The zero-order valence-corrected chi connectivity index (χ0v) is 13.3. The molecule has 3 heteroatoms. The van der Waals surface area contributed by atoms with Crippen LogP contribution in [0.5, 0.6) is 0 Å². The Kier molecular flexibility index (Phi) is 5.12. The molecule has 2 nitrogen and oxygen atoms in total. The molecule has 0 saturated heterocycles. The first-order valence-corrected chi connectivity index (χ1v) is 9.16. The quantitative estimate of drug-likeness (QED) is 0.570. The normalized spacial score (nSPS) is 11.7. The molecule has 0 radical (unpaired) electrons. The van der Waals surface area contributed by atoms with Crippen molar-refractivity contribution >= 4 is 24.5 Å². The molecule has 0 heterocycles. The maximum atomic E-state index is 6.15. The van der Waals surface area contributed by atoms with E-state index in [4.69, 9.17) is 8.85 Å². The van der Waals surface area contributed by atoms with Gasteiger partial charge in [-0.2, -0.15) is 0 Å². The van der Waals surface area contributed by atoms with Gasteiger partial charge < -0.3 is 8.85 Å². The fraction of sp³-hybridized carbons (Fsp3) is 0.294. The lowest BCUT2D eigenvalue weighted by Gasteiger charge is -2.30. The van der Waals surface area contributed by atoms with E-state index in [1.165, 1.54) is 16.0 Å². The minimum absolute atomic E-state index is 0.656. The number of hydrogen-bond donors (Lipinski definition) is 0. The predicted molar refractivity (Wildman–Crippen MR) is 87.6 cm³/mol. The number of rotatable bonds is 7. The summed E-state index contributed by atoms with van der Waals surface area (Å²) < 4.78 is 12.3. The molecule has 0 aliphatic heterocycles. The average molecular weight is 286 g/mol. The van der Waals surface area contributed by atoms with Crippen molar-refractivity contribution in [2.24, 2.45) is 0 Å². The SMILES string of the molecule is C=CC[Si](OCC)(OCC)c1cccc2ccccc12. The fourth-order valence-corrected chi connectivity index (χ4v) is 5.79. The van der Waals surface area contributed by atoms with Crippen molar-refractivity contribution < 1.29 is 8.85 Å². The zero-order chi connectivity index (χ0) is 14.4. The van der Waals surface area contributed by atoms with Gasteiger partial charge >= 0.3 is 8.56 Å². The maximum Gasteiger partial charge on any atom is 0.377 e. The Hall–Kier alpha value is -1.42. The molecule has 0 spiro atoms. The van der Waals surface area contributed by atoms with Crippen LogP contribution >= 0.6 is 0 Å². The fourth-order valence-electron chi connectivity index (χ4n) is 2.64. The van der Waals surface area contributed by atoms with Gasteiger partial charge in [0, 0.05) is 24.4 Å². The number of hydrogen-bond acceptors (Lipinski definition) is 2. The van der Waals surface area contributed by atoms with E-state index in [9.17, 15) is 0 Å². The summed E-state index contributed by atoms with van der Waals surface area (Å²) in [5.41, 5.74) is 0. The highest BCUT2D eigenvalue weighted by Gasteiger charge is 2.39. The molecular weight excluding hydrogens is 264 g/mol. The molecule has 0 unspecified atom stereocenters. The van der Waals surface area contributed by atoms with Gasteiger partial charge in [0.2, 0.25) is 0 Å². The standard InChI is InChI=1S/C17H22O2Si/c1-4-14-20(18-5-2,19-6-3)17-13-9-11-15-10-7-8-12-16(15)17/h4,7-13H,1,5-6,14H2,2-3H3. The van der Waals surface area contributed by atoms with Crippen LogP contribution < -0.4 is 5.19 Å². The van der Waals surface area contributed by atoms with Gasteiger partial charge in [0.05, 0.1) is 0 Å². The molecule has 2 rings (SSSR count). The summed E-state index contributed by atoms with van der Waals surface area (Å²) in [4.78, 5) is 0. The Morgan fingerprint density at radius 1 is 1.00 bits per heavy atom. The summed E-state index contributed by atoms with van der Waals surface area (Å²) in [5, 5.41) is 3.66. The first-order chi connectivity index (χ1) is 9.77. The van der Waals surface area contributed by atoms with Crippen molar-refractivity contribution in [2.75, 3.05) is 13.2 Å². The van der Waals surface area contributed by atoms with Crippen LogP contribution in [0.2, 0.25) is 6.04 Å². The van der Waals surface area contributed by atoms with Crippen LogP contribution in [-0.2, 0) is 8.85 Å². The molecule has 0 amide bonds. The molecule has 0 N–H and O–H groups in total. The molecule has 0 aromatic heterocycles. The second-order valence-electron chi connectivity index (χ2n) is 4.64. The lowest BCUT2D eigenvalue weighted by molar-refractivity contribution is 0.199. The number of benzene rings is 2. The van der Waals surface area contributed by atoms with Gasteiger partial charge in [-0.1, -0.05) is 48.5 Å². The monoisotopic (exact) mass is 286 g/mol. The average Bonchev–Trinajstić information content (AvgIpc) is 2.47. The topological polar surface area (TPSA) is 18.5 Å². The van der Waals surface area contributed by atoms with E-state index in [-0.39, 0.29) is 0 Å². The Bertz CT molecular complexity index is 569. The van der Waals surface area contributed by atoms with Crippen molar-refractivity contribution in [3.8, 4) is 0 Å². The molecular formula is C17H22O2Si. The molecule has 0 fully saturated rings. The summed E-state index contributed by atoms with van der Waals surface area (Å²) in [7, 11) is -2.45. The second-order valence-corrected chi connectivity index (χ2v) is 7.67. The second kappa shape index (κ2) is 6.84. The highest BCUT2D eigenvalue weighted by atomic mass is 28.4. The van der Waals surface area contributed by atoms with Gasteiger partial charge in [-0.15, -0.1) is 6.58 Å². The van der Waals surface area contributed by atoms with Gasteiger partial charge in [0.25, 0.3) is 0 Å². The number of fused-ring (bicyclic) bond motifs is 1. The van der Waals surface area contributed by atoms with Crippen molar-refractivity contribution in [3.63, 3.8) is 0 Å². The Morgan fingerprint density at radius 3 is 2.30 bits per heavy atom. The van der Waals surface area contributed by atoms with Crippen LogP contribution in [-0.4, -0.2) is 21.8 Å². The van der Waals surface area contributed by atoms with Gasteiger partial charge in [-0.3, -0.25) is 0 Å². The molecule has 0 saturated carbocycles. The molecule has 2 aromatic carbocycles. The van der Waals surface area contributed by atoms with Crippen LogP contribution in [0.4, 0.5) is 0 Å². The minimum Gasteiger partial charge on any atom is -0.391 e. The predicted octanol–water partition coefficient (Wildman–Crippen LogP) is 3.75. The van der Waals surface area contributed by atoms with Crippen LogP contribution in [0.1, 0.15) is 13.8 Å². The van der Waals surface area contributed by atoms with Gasteiger partial charge in [0.1, 0.15) is 0 Å². The van der Waals surface area contributed by atoms with Crippen LogP contribution in [0.3, 0.4) is 0 Å². The minimum atomic E-state index is -2.45. The Labute approximate surface area is 122 Å². The van der Waals surface area contributed by atoms with Crippen molar-refractivity contribution in [3.05, 3.63) is 55.1 Å². The van der Waals surface area contributed by atoms with Crippen LogP contribution in [0, 0.1) is 0 Å². The molecule has 2 aromatic rings. The Morgan fingerprint density at radius 2 is 1.65 bits per heavy atom. The summed E-state index contributed by atoms with van der Waals surface area (Å²) in [6.07, 6.45) is 1.92. The first-order valence-electron chi connectivity index (χ1n) is 7.14. The molecule has 0 bridgehead atoms. The van der Waals surface area contributed by atoms with Crippen LogP contribution in [0.25, 0.3) is 10.8 Å². The van der Waals surface area contributed by atoms with E-state index in [1.807, 2.05) is 19.9 Å². The van der Waals surface area contributed by atoms with Gasteiger partial charge in [0.15, 0.2) is 0 Å².